The smallest absolute Gasteiger partial charge is 0.258 e. The van der Waals surface area contributed by atoms with Crippen molar-refractivity contribution in [2.24, 2.45) is 0 Å². The number of ether oxygens (including phenoxy) is 1. The van der Waals surface area contributed by atoms with Crippen molar-refractivity contribution < 1.29 is 14.3 Å². The zero-order valence-electron chi connectivity index (χ0n) is 12.9. The normalized spacial score (nSPS) is 10.1. The molecule has 2 aromatic carbocycles. The van der Waals surface area contributed by atoms with Gasteiger partial charge in [0.05, 0.1) is 5.69 Å². The fraction of sp³-hybridized carbons (Fsp3) is 0.176. The zero-order chi connectivity index (χ0) is 17.5. The summed E-state index contributed by atoms with van der Waals surface area (Å²) < 4.78 is 5.46. The Morgan fingerprint density at radius 1 is 1.12 bits per heavy atom. The van der Waals surface area contributed by atoms with E-state index in [-0.39, 0.29) is 25.0 Å². The van der Waals surface area contributed by atoms with Crippen LogP contribution in [0.2, 0.25) is 10.0 Å². The van der Waals surface area contributed by atoms with Crippen LogP contribution in [0.1, 0.15) is 12.5 Å². The second-order valence-electron chi connectivity index (χ2n) is 4.98. The quantitative estimate of drug-likeness (QED) is 0.819. The van der Waals surface area contributed by atoms with Crippen LogP contribution in [-0.4, -0.2) is 18.4 Å². The third-order valence-corrected chi connectivity index (χ3v) is 3.63. The van der Waals surface area contributed by atoms with E-state index in [0.29, 0.717) is 21.5 Å². The number of rotatable bonds is 6. The average Bonchev–Trinajstić information content (AvgIpc) is 2.52. The zero-order valence-corrected chi connectivity index (χ0v) is 14.4. The topological polar surface area (TPSA) is 67.4 Å². The first-order valence-electron chi connectivity index (χ1n) is 7.16. The highest BCUT2D eigenvalue weighted by atomic mass is 35.5. The van der Waals surface area contributed by atoms with Crippen molar-refractivity contribution in [2.75, 3.05) is 11.9 Å². The summed E-state index contributed by atoms with van der Waals surface area (Å²) in [7, 11) is 0. The SMILES string of the molecule is CC(=O)Nc1ccccc1OCC(=O)NCc1ccc(Cl)cc1Cl. The Labute approximate surface area is 149 Å². The van der Waals surface area contributed by atoms with E-state index < -0.39 is 0 Å². The van der Waals surface area contributed by atoms with Crippen LogP contribution >= 0.6 is 23.2 Å². The lowest BCUT2D eigenvalue weighted by Gasteiger charge is -2.12. The van der Waals surface area contributed by atoms with Crippen molar-refractivity contribution in [3.8, 4) is 5.75 Å². The van der Waals surface area contributed by atoms with Gasteiger partial charge in [-0.05, 0) is 29.8 Å². The van der Waals surface area contributed by atoms with Gasteiger partial charge in [-0.15, -0.1) is 0 Å². The molecule has 0 aliphatic carbocycles. The van der Waals surface area contributed by atoms with E-state index in [1.54, 1.807) is 42.5 Å². The van der Waals surface area contributed by atoms with Gasteiger partial charge in [-0.2, -0.15) is 0 Å². The van der Waals surface area contributed by atoms with Crippen LogP contribution in [0.5, 0.6) is 5.75 Å². The fourth-order valence-corrected chi connectivity index (χ4v) is 2.41. The molecule has 5 nitrogen and oxygen atoms in total. The maximum Gasteiger partial charge on any atom is 0.258 e. The summed E-state index contributed by atoms with van der Waals surface area (Å²) in [4.78, 5) is 23.1. The third kappa shape index (κ3) is 5.44. The van der Waals surface area contributed by atoms with Gasteiger partial charge in [0.1, 0.15) is 5.75 Å². The van der Waals surface area contributed by atoms with Crippen LogP contribution in [0.25, 0.3) is 0 Å². The van der Waals surface area contributed by atoms with Gasteiger partial charge < -0.3 is 15.4 Å². The number of benzene rings is 2. The number of halogens is 2. The van der Waals surface area contributed by atoms with Crippen LogP contribution in [0.3, 0.4) is 0 Å². The maximum absolute atomic E-state index is 11.9. The van der Waals surface area contributed by atoms with Crippen LogP contribution < -0.4 is 15.4 Å². The van der Waals surface area contributed by atoms with Crippen LogP contribution in [-0.2, 0) is 16.1 Å². The summed E-state index contributed by atoms with van der Waals surface area (Å²) in [6.45, 7) is 1.49. The van der Waals surface area contributed by atoms with Gasteiger partial charge in [0.2, 0.25) is 5.91 Å². The van der Waals surface area contributed by atoms with Crippen molar-refractivity contribution in [3.05, 3.63) is 58.1 Å². The molecule has 0 aliphatic heterocycles. The van der Waals surface area contributed by atoms with E-state index in [0.717, 1.165) is 5.56 Å². The van der Waals surface area contributed by atoms with Gasteiger partial charge >= 0.3 is 0 Å². The minimum absolute atomic E-state index is 0.179. The van der Waals surface area contributed by atoms with E-state index in [2.05, 4.69) is 10.6 Å². The summed E-state index contributed by atoms with van der Waals surface area (Å²) in [5.74, 6) is -0.0982. The molecule has 0 atom stereocenters. The van der Waals surface area contributed by atoms with Gasteiger partial charge in [0.15, 0.2) is 6.61 Å². The van der Waals surface area contributed by atoms with Gasteiger partial charge in [0.25, 0.3) is 5.91 Å². The molecule has 2 rings (SSSR count). The lowest BCUT2D eigenvalue weighted by molar-refractivity contribution is -0.123. The largest absolute Gasteiger partial charge is 0.482 e. The Morgan fingerprint density at radius 2 is 1.88 bits per heavy atom. The van der Waals surface area contributed by atoms with Gasteiger partial charge in [-0.3, -0.25) is 9.59 Å². The summed E-state index contributed by atoms with van der Waals surface area (Å²) in [5.41, 5.74) is 1.27. The Balaban J connectivity index is 1.88. The predicted octanol–water partition coefficient (Wildman–Crippen LogP) is 3.65. The molecule has 0 radical (unpaired) electrons. The van der Waals surface area contributed by atoms with Crippen LogP contribution in [0.15, 0.2) is 42.5 Å². The first kappa shape index (κ1) is 18.1. The molecule has 0 heterocycles. The molecule has 0 bridgehead atoms. The van der Waals surface area contributed by atoms with E-state index in [1.165, 1.54) is 6.92 Å². The molecule has 0 fully saturated rings. The van der Waals surface area contributed by atoms with Crippen LogP contribution in [0, 0.1) is 0 Å². The molecule has 0 aromatic heterocycles. The molecule has 0 unspecified atom stereocenters. The second-order valence-corrected chi connectivity index (χ2v) is 5.82. The molecule has 2 amide bonds. The molecular weight excluding hydrogens is 351 g/mol. The first-order chi connectivity index (χ1) is 11.5. The highest BCUT2D eigenvalue weighted by Crippen LogP contribution is 2.23. The van der Waals surface area contributed by atoms with Gasteiger partial charge in [0, 0.05) is 23.5 Å². The van der Waals surface area contributed by atoms with E-state index >= 15 is 0 Å². The van der Waals surface area contributed by atoms with Crippen molar-refractivity contribution in [2.45, 2.75) is 13.5 Å². The summed E-state index contributed by atoms with van der Waals surface area (Å²) >= 11 is 11.9. The molecule has 126 valence electrons. The lowest BCUT2D eigenvalue weighted by Crippen LogP contribution is -2.28. The monoisotopic (exact) mass is 366 g/mol. The van der Waals surface area contributed by atoms with E-state index in [9.17, 15) is 9.59 Å². The van der Waals surface area contributed by atoms with Crippen LogP contribution in [0.4, 0.5) is 5.69 Å². The van der Waals surface area contributed by atoms with E-state index in [4.69, 9.17) is 27.9 Å². The number of nitrogens with one attached hydrogen (secondary N) is 2. The molecule has 0 spiro atoms. The third-order valence-electron chi connectivity index (χ3n) is 3.05. The number of carbonyl (C=O) groups excluding carboxylic acids is 2. The fourth-order valence-electron chi connectivity index (χ4n) is 1.94. The molecule has 0 saturated heterocycles. The van der Waals surface area contributed by atoms with Gasteiger partial charge in [-0.1, -0.05) is 41.4 Å². The maximum atomic E-state index is 11.9. The van der Waals surface area contributed by atoms with Crippen molar-refractivity contribution in [1.82, 2.24) is 5.32 Å². The Hall–Kier alpha value is -2.24. The van der Waals surface area contributed by atoms with Gasteiger partial charge in [-0.25, -0.2) is 0 Å². The minimum Gasteiger partial charge on any atom is -0.482 e. The number of anilines is 1. The predicted molar refractivity (Wildman–Crippen MR) is 94.5 cm³/mol. The molecule has 7 heteroatoms. The van der Waals surface area contributed by atoms with E-state index in [1.807, 2.05) is 0 Å². The minimum atomic E-state index is -0.307. The molecule has 0 saturated carbocycles. The number of carbonyl (C=O) groups is 2. The molecule has 24 heavy (non-hydrogen) atoms. The molecule has 2 N–H and O–H groups in total. The molecular formula is C17H16Cl2N2O3. The number of hydrogen-bond donors (Lipinski definition) is 2. The van der Waals surface area contributed by atoms with Crippen molar-refractivity contribution >= 4 is 40.7 Å². The lowest BCUT2D eigenvalue weighted by atomic mass is 10.2. The highest BCUT2D eigenvalue weighted by molar-refractivity contribution is 6.35. The average molecular weight is 367 g/mol. The summed E-state index contributed by atoms with van der Waals surface area (Å²) in [5, 5.41) is 6.37. The molecule has 2 aromatic rings. The molecule has 0 aliphatic rings. The second kappa shape index (κ2) is 8.57. The number of amides is 2. The Bertz CT molecular complexity index is 750. The summed E-state index contributed by atoms with van der Waals surface area (Å²) in [6.07, 6.45) is 0. The highest BCUT2D eigenvalue weighted by Gasteiger charge is 2.08. The van der Waals surface area contributed by atoms with Crippen molar-refractivity contribution in [3.63, 3.8) is 0 Å². The Kier molecular flexibility index (Phi) is 6.46. The number of hydrogen-bond acceptors (Lipinski definition) is 3. The standard InChI is InChI=1S/C17H16Cl2N2O3/c1-11(22)21-15-4-2-3-5-16(15)24-10-17(23)20-9-12-6-7-13(18)8-14(12)19/h2-8H,9-10H2,1H3,(H,20,23)(H,21,22). The number of para-hydroxylation sites is 2. The first-order valence-corrected chi connectivity index (χ1v) is 7.91. The Morgan fingerprint density at radius 3 is 2.58 bits per heavy atom. The van der Waals surface area contributed by atoms with Crippen molar-refractivity contribution in [1.29, 1.82) is 0 Å². The summed E-state index contributed by atoms with van der Waals surface area (Å²) in [6, 6.07) is 12.0.